The molecule has 0 bridgehead atoms. The summed E-state index contributed by atoms with van der Waals surface area (Å²) in [7, 11) is 3.40. The van der Waals surface area contributed by atoms with E-state index >= 15 is 8.78 Å². The summed E-state index contributed by atoms with van der Waals surface area (Å²) in [4.78, 5) is 10.9. The molecular formula is C29H34F4N4O3. The Morgan fingerprint density at radius 1 is 1.20 bits per heavy atom. The number of likely N-dealkylation sites (N-methyl/N-ethyl adjacent to an activating group) is 1. The number of rotatable bonds is 9. The number of hydrogen-bond acceptors (Lipinski definition) is 7. The van der Waals surface area contributed by atoms with Crippen LogP contribution >= 0.6 is 0 Å². The van der Waals surface area contributed by atoms with E-state index in [1.54, 1.807) is 19.9 Å². The van der Waals surface area contributed by atoms with Crippen LogP contribution in [0.4, 0.5) is 23.4 Å². The van der Waals surface area contributed by atoms with Gasteiger partial charge in [0.25, 0.3) is 0 Å². The number of anilines is 1. The van der Waals surface area contributed by atoms with Gasteiger partial charge in [-0.3, -0.25) is 4.90 Å². The van der Waals surface area contributed by atoms with Crippen LogP contribution in [0.1, 0.15) is 50.2 Å². The molecule has 2 aromatic carbocycles. The zero-order chi connectivity index (χ0) is 29.1. The quantitative estimate of drug-likeness (QED) is 0.329. The van der Waals surface area contributed by atoms with Gasteiger partial charge >= 0.3 is 5.92 Å². The first-order valence-electron chi connectivity index (χ1n) is 13.3. The van der Waals surface area contributed by atoms with Crippen LogP contribution in [0.25, 0.3) is 10.9 Å². The minimum atomic E-state index is -3.84. The molecule has 5 rings (SSSR count). The first-order valence-corrected chi connectivity index (χ1v) is 13.3. The number of aryl methyl sites for hydroxylation is 1. The van der Waals surface area contributed by atoms with Crippen molar-refractivity contribution >= 4 is 16.7 Å². The maximum atomic E-state index is 15.7. The van der Waals surface area contributed by atoms with Crippen LogP contribution < -0.4 is 14.8 Å². The van der Waals surface area contributed by atoms with E-state index in [0.29, 0.717) is 18.4 Å². The minimum absolute atomic E-state index is 0.0190. The number of aliphatic hydroxyl groups is 1. The third-order valence-corrected chi connectivity index (χ3v) is 8.09. The Labute approximate surface area is 230 Å². The summed E-state index contributed by atoms with van der Waals surface area (Å²) in [5.41, 5.74) is -3.49. The van der Waals surface area contributed by atoms with Crippen molar-refractivity contribution in [3.63, 3.8) is 0 Å². The molecule has 4 atom stereocenters. The Kier molecular flexibility index (Phi) is 7.11. The SMILES string of the molecule is COc1c(OC[C@@H]2C3CC3CN2C)cc2c(N[C@H](C)c3cccc(C(F)(F)C(C)(C)O)c3F)nc(C)nc2c1F. The highest BCUT2D eigenvalue weighted by Gasteiger charge is 2.51. The van der Waals surface area contributed by atoms with E-state index in [2.05, 4.69) is 20.2 Å². The third-order valence-electron chi connectivity index (χ3n) is 8.09. The van der Waals surface area contributed by atoms with Crippen molar-refractivity contribution in [2.45, 2.75) is 57.7 Å². The number of fused-ring (bicyclic) bond motifs is 2. The average Bonchev–Trinajstić information content (AvgIpc) is 3.55. The van der Waals surface area contributed by atoms with E-state index in [4.69, 9.17) is 9.47 Å². The zero-order valence-electron chi connectivity index (χ0n) is 23.4. The van der Waals surface area contributed by atoms with Crippen LogP contribution in [0.15, 0.2) is 24.3 Å². The Morgan fingerprint density at radius 3 is 2.55 bits per heavy atom. The van der Waals surface area contributed by atoms with Gasteiger partial charge in [0.1, 0.15) is 35.2 Å². The van der Waals surface area contributed by atoms with Crippen molar-refractivity contribution in [1.29, 1.82) is 0 Å². The van der Waals surface area contributed by atoms with Crippen molar-refractivity contribution in [2.75, 3.05) is 32.6 Å². The van der Waals surface area contributed by atoms with Crippen molar-refractivity contribution in [2.24, 2.45) is 11.8 Å². The summed E-state index contributed by atoms with van der Waals surface area (Å²) >= 11 is 0. The van der Waals surface area contributed by atoms with Crippen LogP contribution in [0.3, 0.4) is 0 Å². The number of ether oxygens (including phenoxy) is 2. The minimum Gasteiger partial charge on any atom is -0.490 e. The molecule has 40 heavy (non-hydrogen) atoms. The highest BCUT2D eigenvalue weighted by molar-refractivity contribution is 5.92. The first-order chi connectivity index (χ1) is 18.7. The summed E-state index contributed by atoms with van der Waals surface area (Å²) in [5.74, 6) is -3.93. The van der Waals surface area contributed by atoms with Crippen molar-refractivity contribution in [1.82, 2.24) is 14.9 Å². The summed E-state index contributed by atoms with van der Waals surface area (Å²) in [6.07, 6.45) is 1.17. The van der Waals surface area contributed by atoms with Crippen molar-refractivity contribution in [3.05, 3.63) is 52.9 Å². The van der Waals surface area contributed by atoms with Gasteiger partial charge in [0, 0.05) is 23.5 Å². The fraction of sp³-hybridized carbons (Fsp3) is 0.517. The number of likely N-dealkylation sites (tertiary alicyclic amines) is 1. The Balaban J connectivity index is 1.50. The van der Waals surface area contributed by atoms with E-state index < -0.39 is 34.8 Å². The molecule has 2 aliphatic rings. The molecule has 1 saturated carbocycles. The number of benzene rings is 2. The number of methoxy groups -OCH3 is 1. The zero-order valence-corrected chi connectivity index (χ0v) is 23.4. The molecule has 2 N–H and O–H groups in total. The number of halogens is 4. The lowest BCUT2D eigenvalue weighted by molar-refractivity contribution is -0.170. The smallest absolute Gasteiger partial charge is 0.303 e. The number of hydrogen-bond donors (Lipinski definition) is 2. The standard InChI is InChI=1S/C29H34F4N4O3/c1-14(17-8-7-9-20(23(17)30)29(32,33)28(3,4)38)34-27-19-11-22(40-13-21-18-10-16(18)12-37(21)5)26(39-6)24(31)25(19)35-15(2)36-27/h7-9,11,14,16,18,21,38H,10,12-13H2,1-6H3,(H,34,35,36)/t14-,16?,18?,21-/m1/s1. The van der Waals surface area contributed by atoms with Crippen molar-refractivity contribution < 1.29 is 32.1 Å². The average molecular weight is 563 g/mol. The molecule has 216 valence electrons. The molecule has 1 aliphatic carbocycles. The molecular weight excluding hydrogens is 528 g/mol. The summed E-state index contributed by atoms with van der Waals surface area (Å²) in [6.45, 7) is 6.38. The highest BCUT2D eigenvalue weighted by Crippen LogP contribution is 2.49. The number of aromatic nitrogens is 2. The molecule has 1 saturated heterocycles. The van der Waals surface area contributed by atoms with Crippen LogP contribution in [-0.4, -0.2) is 58.9 Å². The largest absolute Gasteiger partial charge is 0.490 e. The molecule has 0 spiro atoms. The fourth-order valence-electron chi connectivity index (χ4n) is 5.65. The second-order valence-corrected chi connectivity index (χ2v) is 11.4. The van der Waals surface area contributed by atoms with E-state index in [9.17, 15) is 13.9 Å². The molecule has 2 unspecified atom stereocenters. The normalized spacial score (nSPS) is 21.8. The van der Waals surface area contributed by atoms with Gasteiger partial charge in [0.05, 0.1) is 18.7 Å². The summed E-state index contributed by atoms with van der Waals surface area (Å²) < 4.78 is 72.2. The molecule has 1 aromatic heterocycles. The second kappa shape index (κ2) is 10.0. The molecule has 11 heteroatoms. The second-order valence-electron chi connectivity index (χ2n) is 11.4. The lowest BCUT2D eigenvalue weighted by Gasteiger charge is -2.30. The Bertz CT molecular complexity index is 1440. The van der Waals surface area contributed by atoms with Gasteiger partial charge in [-0.05, 0) is 65.1 Å². The molecule has 7 nitrogen and oxygen atoms in total. The first kappa shape index (κ1) is 28.4. The Hall–Kier alpha value is -3.18. The molecule has 3 aromatic rings. The summed E-state index contributed by atoms with van der Waals surface area (Å²) in [5, 5.41) is 13.3. The lowest BCUT2D eigenvalue weighted by Crippen LogP contribution is -2.41. The number of nitrogens with one attached hydrogen (secondary N) is 1. The highest BCUT2D eigenvalue weighted by atomic mass is 19.3. The predicted molar refractivity (Wildman–Crippen MR) is 143 cm³/mol. The van der Waals surface area contributed by atoms with Gasteiger partial charge in [0.15, 0.2) is 17.3 Å². The van der Waals surface area contributed by atoms with Gasteiger partial charge in [-0.15, -0.1) is 0 Å². The molecule has 0 amide bonds. The third kappa shape index (κ3) is 4.83. The fourth-order valence-corrected chi connectivity index (χ4v) is 5.65. The van der Waals surface area contributed by atoms with Gasteiger partial charge in [-0.25, -0.2) is 18.7 Å². The predicted octanol–water partition coefficient (Wildman–Crippen LogP) is 5.59. The molecule has 1 aliphatic heterocycles. The van der Waals surface area contributed by atoms with Crippen LogP contribution in [0.5, 0.6) is 11.5 Å². The maximum absolute atomic E-state index is 15.7. The van der Waals surface area contributed by atoms with E-state index in [0.717, 1.165) is 26.5 Å². The molecule has 0 radical (unpaired) electrons. The van der Waals surface area contributed by atoms with Gasteiger partial charge < -0.3 is 19.9 Å². The van der Waals surface area contributed by atoms with Gasteiger partial charge in [-0.1, -0.05) is 12.1 Å². The molecule has 2 heterocycles. The number of alkyl halides is 2. The van der Waals surface area contributed by atoms with E-state index in [-0.39, 0.29) is 45.6 Å². The topological polar surface area (TPSA) is 79.7 Å². The Morgan fingerprint density at radius 2 is 1.93 bits per heavy atom. The summed E-state index contributed by atoms with van der Waals surface area (Å²) in [6, 6.07) is 4.57. The molecule has 2 fully saturated rings. The van der Waals surface area contributed by atoms with Gasteiger partial charge in [-0.2, -0.15) is 8.78 Å². The monoisotopic (exact) mass is 562 g/mol. The number of piperidine rings is 1. The maximum Gasteiger partial charge on any atom is 0.303 e. The van der Waals surface area contributed by atoms with Crippen LogP contribution in [0.2, 0.25) is 0 Å². The van der Waals surface area contributed by atoms with Crippen LogP contribution in [0, 0.1) is 30.4 Å². The van der Waals surface area contributed by atoms with E-state index in [1.165, 1.54) is 25.7 Å². The number of nitrogens with zero attached hydrogens (tertiary/aromatic N) is 3. The van der Waals surface area contributed by atoms with Gasteiger partial charge in [0.2, 0.25) is 0 Å². The lowest BCUT2D eigenvalue weighted by atomic mass is 9.91. The van der Waals surface area contributed by atoms with Crippen LogP contribution in [-0.2, 0) is 5.92 Å². The van der Waals surface area contributed by atoms with Crippen molar-refractivity contribution in [3.8, 4) is 11.5 Å². The van der Waals surface area contributed by atoms with E-state index in [1.807, 2.05) is 7.05 Å².